The van der Waals surface area contributed by atoms with Gasteiger partial charge in [-0.05, 0) is 41.4 Å². The van der Waals surface area contributed by atoms with Crippen LogP contribution in [0.1, 0.15) is 67.6 Å². The second-order valence-corrected chi connectivity index (χ2v) is 12.5. The lowest BCUT2D eigenvalue weighted by Gasteiger charge is -2.26. The summed E-state index contributed by atoms with van der Waals surface area (Å²) >= 11 is 0. The van der Waals surface area contributed by atoms with Crippen LogP contribution in [0.5, 0.6) is 0 Å². The van der Waals surface area contributed by atoms with Crippen LogP contribution in [0, 0.1) is 11.8 Å². The van der Waals surface area contributed by atoms with Gasteiger partial charge in [-0.3, -0.25) is 13.8 Å². The predicted molar refractivity (Wildman–Crippen MR) is 131 cm³/mol. The summed E-state index contributed by atoms with van der Waals surface area (Å²) in [5, 5.41) is 0. The number of fused-ring (bicyclic) bond motifs is 3. The van der Waals surface area contributed by atoms with Gasteiger partial charge in [-0.25, -0.2) is 0 Å². The molecule has 1 aromatic carbocycles. The molecular weight excluding hydrogens is 577 g/mol. The van der Waals surface area contributed by atoms with Crippen molar-refractivity contribution < 1.29 is 69.3 Å². The van der Waals surface area contributed by atoms with Crippen LogP contribution < -0.4 is 0 Å². The van der Waals surface area contributed by atoms with Crippen molar-refractivity contribution >= 4 is 21.7 Å². The zero-order chi connectivity index (χ0) is 33.4. The van der Waals surface area contributed by atoms with E-state index in [1.54, 1.807) is 38.1 Å². The minimum absolute atomic E-state index is 0.288. The molecule has 6 rings (SSSR count). The zero-order valence-corrected chi connectivity index (χ0v) is 23.0. The van der Waals surface area contributed by atoms with Crippen LogP contribution in [0.3, 0.4) is 0 Å². The van der Waals surface area contributed by atoms with Crippen LogP contribution >= 0.6 is 0 Å². The molecule has 11 nitrogen and oxygen atoms in total. The quantitative estimate of drug-likeness (QED) is 0.283. The number of Topliss-reactive ketones (excluding diaryl/α,β-unsaturated/α-hetero) is 2. The van der Waals surface area contributed by atoms with Gasteiger partial charge in [0.2, 0.25) is 0 Å². The highest BCUT2D eigenvalue weighted by atomic mass is 32.2. The first-order valence-electron chi connectivity index (χ1n) is 14.8. The normalized spacial score (nSPS) is 39.0. The van der Waals surface area contributed by atoms with Gasteiger partial charge in [0.1, 0.15) is 18.3 Å². The first-order chi connectivity index (χ1) is 20.6. The van der Waals surface area contributed by atoms with Gasteiger partial charge in [-0.2, -0.15) is 21.6 Å². The molecule has 0 radical (unpaired) electrons. The lowest BCUT2D eigenvalue weighted by atomic mass is 9.82. The molecule has 4 heterocycles. The van der Waals surface area contributed by atoms with Crippen LogP contribution in [-0.2, 0) is 42.7 Å². The number of ether oxygens (including phenoxy) is 6. The number of carbonyl (C=O) groups excluding carboxylic acids is 2. The summed E-state index contributed by atoms with van der Waals surface area (Å²) in [7, 11) is -5.91. The molecular formula is C26H31F3O11S. The van der Waals surface area contributed by atoms with E-state index in [9.17, 15) is 31.2 Å². The highest BCUT2D eigenvalue weighted by Gasteiger charge is 2.60. The van der Waals surface area contributed by atoms with Crippen molar-refractivity contribution in [3.05, 3.63) is 35.4 Å². The summed E-state index contributed by atoms with van der Waals surface area (Å²) in [6, 6.07) is 6.70. The molecule has 15 heteroatoms. The Morgan fingerprint density at radius 3 is 1.83 bits per heavy atom. The van der Waals surface area contributed by atoms with Gasteiger partial charge in [-0.15, -0.1) is 0 Å². The molecule has 8 atom stereocenters. The van der Waals surface area contributed by atoms with Gasteiger partial charge >= 0.3 is 15.6 Å². The van der Waals surface area contributed by atoms with Gasteiger partial charge in [0.05, 0.1) is 18.1 Å². The van der Waals surface area contributed by atoms with Gasteiger partial charge in [0.25, 0.3) is 0 Å². The molecule has 228 valence electrons. The van der Waals surface area contributed by atoms with E-state index < -0.39 is 95.9 Å². The van der Waals surface area contributed by atoms with Gasteiger partial charge in [-0.1, -0.05) is 24.3 Å². The lowest BCUT2D eigenvalue weighted by molar-refractivity contribution is -0.211. The summed E-state index contributed by atoms with van der Waals surface area (Å²) in [6.45, 7) is 3.24. The van der Waals surface area contributed by atoms with E-state index in [2.05, 4.69) is 4.18 Å². The maximum atomic E-state index is 12.8. The Morgan fingerprint density at radius 1 is 0.829 bits per heavy atom. The molecule has 1 aliphatic carbocycles. The molecule has 4 fully saturated rings. The van der Waals surface area contributed by atoms with E-state index in [-0.39, 0.29) is 11.6 Å². The summed E-state index contributed by atoms with van der Waals surface area (Å²) in [5.74, 6) is -4.37. The number of benzene rings is 1. The van der Waals surface area contributed by atoms with E-state index in [1.165, 1.54) is 13.8 Å². The smallest absolute Gasteiger partial charge is 0.346 e. The molecule has 4 aliphatic heterocycles. The largest absolute Gasteiger partial charge is 0.523 e. The van der Waals surface area contributed by atoms with Crippen LogP contribution in [-0.4, -0.2) is 80.2 Å². The average molecular weight is 613 g/mol. The average Bonchev–Trinajstić information content (AvgIpc) is 3.64. The van der Waals surface area contributed by atoms with Crippen molar-refractivity contribution in [3.63, 3.8) is 0 Å². The summed E-state index contributed by atoms with van der Waals surface area (Å²) in [6.07, 6.45) is -8.13. The van der Waals surface area contributed by atoms with Gasteiger partial charge in [0.15, 0.2) is 35.7 Å². The highest BCUT2D eigenvalue weighted by Crippen LogP contribution is 2.47. The highest BCUT2D eigenvalue weighted by molar-refractivity contribution is 7.87. The number of hydrogen-bond donors (Lipinski definition) is 0. The zero-order valence-electron chi connectivity index (χ0n) is 26.2. The number of ketones is 2. The van der Waals surface area contributed by atoms with Crippen LogP contribution in [0.15, 0.2) is 24.3 Å². The van der Waals surface area contributed by atoms with Crippen molar-refractivity contribution in [2.24, 2.45) is 11.8 Å². The molecule has 4 saturated heterocycles. The number of alkyl halides is 3. The van der Waals surface area contributed by atoms with Crippen LogP contribution in [0.25, 0.3) is 0 Å². The topological polar surface area (TPSA) is 133 Å². The van der Waals surface area contributed by atoms with Crippen molar-refractivity contribution in [1.82, 2.24) is 0 Å². The summed E-state index contributed by atoms with van der Waals surface area (Å²) in [5.41, 5.74) is -4.84. The molecule has 0 amide bonds. The van der Waals surface area contributed by atoms with E-state index in [0.717, 1.165) is 0 Å². The maximum Gasteiger partial charge on any atom is 0.523 e. The fourth-order valence-electron chi connectivity index (χ4n) is 5.47. The Hall–Kier alpha value is -1.98. The fraction of sp³-hybridized carbons (Fsp3) is 0.692. The number of halogens is 3. The third kappa shape index (κ3) is 5.46. The standard InChI is InChI=1S/C17H18O5.C9H13F3O6S/c1-8-11(15-16(20-8)22-17(2,3)21-15)12-13(18)9-6-4-5-7-10(9)14(12)19;1-4-5(18-19(13,14)9(10,11)12)6-7(15-4)17-8(2,3)16-6/h4-8,11-12,15-16H,1-3H3;4-7H,1-3H3/t8-,11?,15+,16-;4-,5?,6+,7-/m11/s1/i2*1D2. The molecule has 0 spiro atoms. The molecule has 1 aromatic rings. The number of carbonyl (C=O) groups is 2. The first-order valence-corrected chi connectivity index (χ1v) is 13.9. The monoisotopic (exact) mass is 612 g/mol. The predicted octanol–water partition coefficient (Wildman–Crippen LogP) is 3.31. The first kappa shape index (κ1) is 25.5. The molecule has 5 aliphatic rings. The number of rotatable bonds is 3. The molecule has 0 bridgehead atoms. The Kier molecular flexibility index (Phi) is 6.25. The van der Waals surface area contributed by atoms with Crippen molar-refractivity contribution in [2.45, 2.75) is 102 Å². The minimum Gasteiger partial charge on any atom is -0.346 e. The molecule has 41 heavy (non-hydrogen) atoms. The maximum absolute atomic E-state index is 12.8. The summed E-state index contributed by atoms with van der Waals surface area (Å²) < 4.78 is 126. The minimum atomic E-state index is -5.91. The van der Waals surface area contributed by atoms with Crippen molar-refractivity contribution in [1.29, 1.82) is 0 Å². The van der Waals surface area contributed by atoms with E-state index in [0.29, 0.717) is 11.1 Å². The van der Waals surface area contributed by atoms with Crippen molar-refractivity contribution in [2.75, 3.05) is 0 Å². The van der Waals surface area contributed by atoms with Crippen LogP contribution in [0.2, 0.25) is 0 Å². The SMILES string of the molecule is [2H]C([2H])[C@H]1O[C@@H]2OC(C)(C)O[C@H]2C1C1C(=O)c2ccccc2C1=O.[2H]C([2H])[C@H]1O[C@@H]2OC(C)(C)O[C@H]2C1OS(=O)(=O)C(F)(F)F. The van der Waals surface area contributed by atoms with Crippen LogP contribution in [0.4, 0.5) is 13.2 Å². The summed E-state index contributed by atoms with van der Waals surface area (Å²) in [4.78, 5) is 25.6. The third-order valence-corrected chi connectivity index (χ3v) is 8.14. The van der Waals surface area contributed by atoms with Gasteiger partial charge < -0.3 is 28.4 Å². The third-order valence-electron chi connectivity index (χ3n) is 7.09. The molecule has 0 aromatic heterocycles. The Labute approximate surface area is 240 Å². The molecule has 0 N–H and O–H groups in total. The van der Waals surface area contributed by atoms with E-state index >= 15 is 0 Å². The van der Waals surface area contributed by atoms with Gasteiger partial charge in [0, 0.05) is 22.5 Å². The lowest BCUT2D eigenvalue weighted by Crippen LogP contribution is -2.40. The fourth-order valence-corrected chi connectivity index (χ4v) is 6.09. The second-order valence-electron chi connectivity index (χ2n) is 10.9. The molecule has 0 saturated carbocycles. The Balaban J connectivity index is 0.000000180. The molecule has 2 unspecified atom stereocenters. The Bertz CT molecular complexity index is 1410. The number of hydrogen-bond acceptors (Lipinski definition) is 11. The van der Waals surface area contributed by atoms with Crippen molar-refractivity contribution in [3.8, 4) is 0 Å². The van der Waals surface area contributed by atoms with E-state index in [4.69, 9.17) is 33.9 Å². The van der Waals surface area contributed by atoms with E-state index in [1.807, 2.05) is 0 Å². The Morgan fingerprint density at radius 2 is 1.32 bits per heavy atom. The second kappa shape index (κ2) is 10.0.